The van der Waals surface area contributed by atoms with E-state index < -0.39 is 34.4 Å². The molecular formula is C8H14N3NaO6S. The standard InChI is InChI=1S/C7H11N3O6S.CH4.Na/c8-6(11)5-2-1-4-3-9(5)7(12)10(4)16-17(13,14)15;;/h4-5H,1-3H2,(H2,8,11)(H,13,14,15);1H4;/q;;+1/p-1/t4-,5+;;/m0../s1. The number of carbonyl (C=O) groups excluding carboxylic acids is 2. The minimum absolute atomic E-state index is 0. The molecule has 0 radical (unpaired) electrons. The largest absolute Gasteiger partial charge is 1.00 e. The summed E-state index contributed by atoms with van der Waals surface area (Å²) in [7, 11) is -5.00. The summed E-state index contributed by atoms with van der Waals surface area (Å²) < 4.78 is 35.4. The molecule has 0 unspecified atom stereocenters. The predicted molar refractivity (Wildman–Crippen MR) is 57.5 cm³/mol. The third-order valence-electron chi connectivity index (χ3n) is 2.82. The number of hydrogen-bond donors (Lipinski definition) is 1. The second kappa shape index (κ2) is 6.37. The van der Waals surface area contributed by atoms with E-state index in [2.05, 4.69) is 4.28 Å². The zero-order valence-electron chi connectivity index (χ0n) is 9.61. The zero-order valence-corrected chi connectivity index (χ0v) is 12.4. The van der Waals surface area contributed by atoms with E-state index in [4.69, 9.17) is 5.73 Å². The quantitative estimate of drug-likeness (QED) is 0.319. The van der Waals surface area contributed by atoms with Crippen LogP contribution in [0.5, 0.6) is 0 Å². The molecule has 0 saturated carbocycles. The molecular weight excluding hydrogens is 289 g/mol. The molecule has 19 heavy (non-hydrogen) atoms. The van der Waals surface area contributed by atoms with Crippen molar-refractivity contribution < 1.29 is 56.4 Å². The summed E-state index contributed by atoms with van der Waals surface area (Å²) in [6, 6.07) is -2.14. The molecule has 0 aromatic carbocycles. The van der Waals surface area contributed by atoms with Crippen molar-refractivity contribution in [1.82, 2.24) is 9.96 Å². The molecule has 2 fully saturated rings. The van der Waals surface area contributed by atoms with Crippen molar-refractivity contribution >= 4 is 22.3 Å². The molecule has 2 aliphatic heterocycles. The summed E-state index contributed by atoms with van der Waals surface area (Å²) in [6.07, 6.45) is 0.676. The Hall–Kier alpha value is -0.390. The first-order valence-electron chi connectivity index (χ1n) is 4.84. The maximum Gasteiger partial charge on any atom is 1.00 e. The van der Waals surface area contributed by atoms with Crippen LogP contribution in [-0.2, 0) is 19.5 Å². The number of hydrogen-bond acceptors (Lipinski definition) is 6. The molecule has 11 heteroatoms. The van der Waals surface area contributed by atoms with Crippen molar-refractivity contribution in [3.8, 4) is 0 Å². The molecule has 2 bridgehead atoms. The summed E-state index contributed by atoms with van der Waals surface area (Å²) in [5.41, 5.74) is 5.11. The number of hydroxylamine groups is 2. The van der Waals surface area contributed by atoms with Crippen molar-refractivity contribution in [2.24, 2.45) is 5.73 Å². The third kappa shape index (κ3) is 3.80. The van der Waals surface area contributed by atoms with Crippen LogP contribution in [0.25, 0.3) is 0 Å². The molecule has 2 aliphatic rings. The fourth-order valence-electron chi connectivity index (χ4n) is 2.12. The topological polar surface area (TPSA) is 133 Å². The van der Waals surface area contributed by atoms with Crippen molar-refractivity contribution in [2.75, 3.05) is 6.54 Å². The van der Waals surface area contributed by atoms with Gasteiger partial charge < -0.3 is 15.2 Å². The molecule has 0 aliphatic carbocycles. The van der Waals surface area contributed by atoms with E-state index in [1.54, 1.807) is 0 Å². The molecule has 0 aromatic rings. The zero-order chi connectivity index (χ0) is 12.8. The number of nitrogens with two attached hydrogens (primary N) is 1. The number of nitrogens with zero attached hydrogens (tertiary/aromatic N) is 2. The summed E-state index contributed by atoms with van der Waals surface area (Å²) in [5.74, 6) is -0.663. The normalized spacial score (nSPS) is 25.6. The van der Waals surface area contributed by atoms with E-state index >= 15 is 0 Å². The first kappa shape index (κ1) is 18.6. The third-order valence-corrected chi connectivity index (χ3v) is 3.17. The number of piperidine rings is 1. The number of fused-ring (bicyclic) bond motifs is 2. The monoisotopic (exact) mass is 303 g/mol. The second-order valence-electron chi connectivity index (χ2n) is 3.89. The number of amides is 3. The smallest absolute Gasteiger partial charge is 0.724 e. The Kier molecular flexibility index (Phi) is 6.24. The van der Waals surface area contributed by atoms with Gasteiger partial charge in [-0.3, -0.25) is 4.79 Å². The van der Waals surface area contributed by atoms with Gasteiger partial charge in [0.25, 0.3) is 0 Å². The van der Waals surface area contributed by atoms with Gasteiger partial charge in [-0.2, -0.15) is 9.35 Å². The van der Waals surface area contributed by atoms with Crippen LogP contribution >= 0.6 is 0 Å². The number of rotatable bonds is 3. The molecule has 104 valence electrons. The molecule has 0 spiro atoms. The number of urea groups is 1. The minimum Gasteiger partial charge on any atom is -0.724 e. The van der Waals surface area contributed by atoms with E-state index in [1.807, 2.05) is 0 Å². The molecule has 9 nitrogen and oxygen atoms in total. The first-order chi connectivity index (χ1) is 7.79. The molecule has 2 N–H and O–H groups in total. The average molecular weight is 303 g/mol. The van der Waals surface area contributed by atoms with Crippen LogP contribution in [0.2, 0.25) is 0 Å². The van der Waals surface area contributed by atoms with Gasteiger partial charge in [-0.05, 0) is 12.8 Å². The average Bonchev–Trinajstić information content (AvgIpc) is 2.42. The van der Waals surface area contributed by atoms with Crippen LogP contribution in [0.15, 0.2) is 0 Å². The fraction of sp³-hybridized carbons (Fsp3) is 0.750. The Morgan fingerprint density at radius 3 is 2.47 bits per heavy atom. The number of carbonyl (C=O) groups is 2. The van der Waals surface area contributed by atoms with Crippen LogP contribution < -0.4 is 35.3 Å². The molecule has 2 atom stereocenters. The van der Waals surface area contributed by atoms with Gasteiger partial charge in [-0.15, -0.1) is 0 Å². The minimum atomic E-state index is -5.00. The fourth-order valence-corrected chi connectivity index (χ4v) is 2.51. The van der Waals surface area contributed by atoms with Crippen molar-refractivity contribution in [2.45, 2.75) is 32.4 Å². The second-order valence-corrected chi connectivity index (χ2v) is 4.86. The van der Waals surface area contributed by atoms with E-state index in [0.717, 1.165) is 4.90 Å². The molecule has 0 aromatic heterocycles. The summed E-state index contributed by atoms with van der Waals surface area (Å²) >= 11 is 0. The first-order valence-corrected chi connectivity index (χ1v) is 6.17. The summed E-state index contributed by atoms with van der Waals surface area (Å²) in [5, 5.41) is 0.505. The van der Waals surface area contributed by atoms with Gasteiger partial charge in [0.1, 0.15) is 6.04 Å². The van der Waals surface area contributed by atoms with E-state index in [1.165, 1.54) is 0 Å². The van der Waals surface area contributed by atoms with Gasteiger partial charge >= 0.3 is 35.6 Å². The molecule has 2 saturated heterocycles. The van der Waals surface area contributed by atoms with Crippen molar-refractivity contribution in [3.05, 3.63) is 0 Å². The van der Waals surface area contributed by atoms with Gasteiger partial charge in [-0.25, -0.2) is 13.2 Å². The summed E-state index contributed by atoms with van der Waals surface area (Å²) in [4.78, 5) is 23.9. The van der Waals surface area contributed by atoms with Crippen LogP contribution in [0.3, 0.4) is 0 Å². The van der Waals surface area contributed by atoms with Crippen LogP contribution in [0.4, 0.5) is 4.79 Å². The maximum atomic E-state index is 11.7. The van der Waals surface area contributed by atoms with Gasteiger partial charge in [0, 0.05) is 6.54 Å². The Morgan fingerprint density at radius 1 is 1.42 bits per heavy atom. The van der Waals surface area contributed by atoms with Gasteiger partial charge in [0.05, 0.1) is 6.04 Å². The SMILES string of the molecule is C.NC(=O)[C@H]1CC[C@H]2CN1C(=O)N2OS(=O)(=O)[O-].[Na+]. The van der Waals surface area contributed by atoms with Gasteiger partial charge in [0.2, 0.25) is 16.3 Å². The van der Waals surface area contributed by atoms with E-state index in [-0.39, 0.29) is 43.5 Å². The van der Waals surface area contributed by atoms with Crippen LogP contribution in [0, 0.1) is 0 Å². The number of primary amides is 1. The van der Waals surface area contributed by atoms with Gasteiger partial charge in [-0.1, -0.05) is 7.43 Å². The van der Waals surface area contributed by atoms with E-state index in [0.29, 0.717) is 17.9 Å². The predicted octanol–water partition coefficient (Wildman–Crippen LogP) is -4.23. The molecule has 3 amide bonds. The van der Waals surface area contributed by atoms with Gasteiger partial charge in [0.15, 0.2) is 0 Å². The summed E-state index contributed by atoms with van der Waals surface area (Å²) in [6.45, 7) is 0.127. The maximum absolute atomic E-state index is 11.7. The van der Waals surface area contributed by atoms with Crippen molar-refractivity contribution in [3.63, 3.8) is 0 Å². The van der Waals surface area contributed by atoms with Crippen molar-refractivity contribution in [1.29, 1.82) is 0 Å². The molecule has 2 rings (SSSR count). The Bertz CT molecular complexity index is 469. The Labute approximate surface area is 133 Å². The van der Waals surface area contributed by atoms with Crippen LogP contribution in [0.1, 0.15) is 20.3 Å². The Balaban J connectivity index is 0.00000162. The Morgan fingerprint density at radius 2 is 2.00 bits per heavy atom. The van der Waals surface area contributed by atoms with E-state index in [9.17, 15) is 22.6 Å². The van der Waals surface area contributed by atoms with Crippen LogP contribution in [-0.4, -0.2) is 53.5 Å². The molecule has 2 heterocycles.